The average Bonchev–Trinajstić information content (AvgIpc) is 2.65. The Bertz CT molecular complexity index is 1030. The lowest BCUT2D eigenvalue weighted by Gasteiger charge is -2.10. The number of rotatable bonds is 6. The summed E-state index contributed by atoms with van der Waals surface area (Å²) in [5, 5.41) is 6.58. The maximum Gasteiger partial charge on any atom is 0.249 e. The maximum atomic E-state index is 13.5. The van der Waals surface area contributed by atoms with E-state index in [-0.39, 0.29) is 11.7 Å². The number of fused-ring (bicyclic) bond motifs is 1. The largest absolute Gasteiger partial charge is 0.340 e. The topological polar surface area (TPSA) is 83.0 Å². The van der Waals surface area contributed by atoms with E-state index in [1.54, 1.807) is 37.4 Å². The number of nitrogens with one attached hydrogen (secondary N) is 2. The van der Waals surface area contributed by atoms with Crippen LogP contribution in [0.15, 0.2) is 48.9 Å². The number of carbonyl (C=O) groups excluding carboxylic acids is 1. The van der Waals surface area contributed by atoms with Crippen molar-refractivity contribution in [1.29, 1.82) is 0 Å². The second-order valence-corrected chi connectivity index (χ2v) is 6.55. The number of carbonyl (C=O) groups is 1. The first kappa shape index (κ1) is 19.4. The highest BCUT2D eigenvalue weighted by Crippen LogP contribution is 2.25. The minimum Gasteiger partial charge on any atom is -0.340 e. The van der Waals surface area contributed by atoms with Gasteiger partial charge in [-0.3, -0.25) is 4.79 Å². The van der Waals surface area contributed by atoms with E-state index in [4.69, 9.17) is 0 Å². The molecule has 3 rings (SSSR count). The van der Waals surface area contributed by atoms with E-state index in [1.165, 1.54) is 18.5 Å². The van der Waals surface area contributed by atoms with E-state index in [9.17, 15) is 9.18 Å². The van der Waals surface area contributed by atoms with Gasteiger partial charge in [0, 0.05) is 23.7 Å². The van der Waals surface area contributed by atoms with Crippen LogP contribution in [0.5, 0.6) is 0 Å². The standard InChI is InChI=1S/C20H21FN6O/c1-13-9-14(6-7-16(13)21)25-20-15-10-18(22-11-17(15)23-12-24-20)26-19(28)5-4-8-27(2)3/h4-7,9-12H,8H2,1-3H3,(H,22,26,28)(H,23,24,25). The van der Waals surface area contributed by atoms with Gasteiger partial charge in [0.05, 0.1) is 11.7 Å². The van der Waals surface area contributed by atoms with Crippen LogP contribution in [0.25, 0.3) is 10.9 Å². The van der Waals surface area contributed by atoms with Crippen LogP contribution in [-0.2, 0) is 4.79 Å². The van der Waals surface area contributed by atoms with Crippen molar-refractivity contribution in [3.63, 3.8) is 0 Å². The molecule has 0 spiro atoms. The van der Waals surface area contributed by atoms with Gasteiger partial charge >= 0.3 is 0 Å². The summed E-state index contributed by atoms with van der Waals surface area (Å²) in [5.74, 6) is 0.390. The number of likely N-dealkylation sites (N-methyl/N-ethyl adjacent to an activating group) is 1. The van der Waals surface area contributed by atoms with Crippen LogP contribution < -0.4 is 10.6 Å². The number of amides is 1. The minimum absolute atomic E-state index is 0.269. The van der Waals surface area contributed by atoms with E-state index in [0.717, 1.165) is 0 Å². The molecule has 1 aromatic carbocycles. The van der Waals surface area contributed by atoms with Crippen LogP contribution in [0.2, 0.25) is 0 Å². The lowest BCUT2D eigenvalue weighted by Crippen LogP contribution is -2.13. The van der Waals surface area contributed by atoms with Gasteiger partial charge in [-0.1, -0.05) is 6.08 Å². The Morgan fingerprint density at radius 2 is 2.04 bits per heavy atom. The highest BCUT2D eigenvalue weighted by Gasteiger charge is 2.08. The summed E-state index contributed by atoms with van der Waals surface area (Å²) in [7, 11) is 3.84. The maximum absolute atomic E-state index is 13.5. The number of benzene rings is 1. The Kier molecular flexibility index (Phi) is 5.90. The van der Waals surface area contributed by atoms with Crippen LogP contribution in [0.3, 0.4) is 0 Å². The lowest BCUT2D eigenvalue weighted by atomic mass is 10.2. The number of anilines is 3. The molecule has 0 aliphatic rings. The summed E-state index contributed by atoms with van der Waals surface area (Å²) >= 11 is 0. The van der Waals surface area contributed by atoms with Gasteiger partial charge in [-0.15, -0.1) is 0 Å². The van der Waals surface area contributed by atoms with Gasteiger partial charge in [-0.25, -0.2) is 19.3 Å². The number of aromatic nitrogens is 3. The molecular formula is C20H21FN6O. The first-order valence-electron chi connectivity index (χ1n) is 8.68. The molecule has 0 radical (unpaired) electrons. The summed E-state index contributed by atoms with van der Waals surface area (Å²) in [6.45, 7) is 2.36. The van der Waals surface area contributed by atoms with Crippen LogP contribution in [0, 0.1) is 12.7 Å². The minimum atomic E-state index is -0.269. The molecule has 7 nitrogen and oxygen atoms in total. The fourth-order valence-electron chi connectivity index (χ4n) is 2.52. The van der Waals surface area contributed by atoms with Crippen molar-refractivity contribution >= 4 is 34.1 Å². The van der Waals surface area contributed by atoms with E-state index in [2.05, 4.69) is 25.6 Å². The molecule has 0 aliphatic carbocycles. The molecule has 0 saturated carbocycles. The highest BCUT2D eigenvalue weighted by molar-refractivity contribution is 6.00. The van der Waals surface area contributed by atoms with Gasteiger partial charge < -0.3 is 15.5 Å². The van der Waals surface area contributed by atoms with Crippen LogP contribution >= 0.6 is 0 Å². The molecule has 0 aliphatic heterocycles. The zero-order chi connectivity index (χ0) is 20.1. The van der Waals surface area contributed by atoms with E-state index in [1.807, 2.05) is 19.0 Å². The second-order valence-electron chi connectivity index (χ2n) is 6.55. The van der Waals surface area contributed by atoms with Crippen molar-refractivity contribution in [1.82, 2.24) is 19.9 Å². The van der Waals surface area contributed by atoms with Crippen molar-refractivity contribution in [2.45, 2.75) is 6.92 Å². The molecule has 0 unspecified atom stereocenters. The average molecular weight is 380 g/mol. The fraction of sp³-hybridized carbons (Fsp3) is 0.200. The predicted molar refractivity (Wildman–Crippen MR) is 108 cm³/mol. The van der Waals surface area contributed by atoms with E-state index < -0.39 is 0 Å². The third-order valence-electron chi connectivity index (χ3n) is 3.93. The SMILES string of the molecule is Cc1cc(Nc2ncnc3cnc(NC(=O)C=CCN(C)C)cc23)ccc1F. The first-order valence-corrected chi connectivity index (χ1v) is 8.68. The highest BCUT2D eigenvalue weighted by atomic mass is 19.1. The smallest absolute Gasteiger partial charge is 0.249 e. The number of nitrogens with zero attached hydrogens (tertiary/aromatic N) is 4. The molecule has 0 bridgehead atoms. The third-order valence-corrected chi connectivity index (χ3v) is 3.93. The van der Waals surface area contributed by atoms with Crippen LogP contribution in [-0.4, -0.2) is 46.4 Å². The molecule has 28 heavy (non-hydrogen) atoms. The quantitative estimate of drug-likeness (QED) is 0.639. The van der Waals surface area contributed by atoms with E-state index in [0.29, 0.717) is 40.3 Å². The molecule has 3 aromatic rings. The molecule has 0 fully saturated rings. The van der Waals surface area contributed by atoms with Crippen molar-refractivity contribution < 1.29 is 9.18 Å². The Morgan fingerprint density at radius 1 is 1.21 bits per heavy atom. The number of hydrogen-bond acceptors (Lipinski definition) is 6. The zero-order valence-electron chi connectivity index (χ0n) is 15.9. The van der Waals surface area contributed by atoms with Crippen molar-refractivity contribution in [3.05, 3.63) is 60.3 Å². The molecule has 8 heteroatoms. The zero-order valence-corrected chi connectivity index (χ0v) is 15.9. The van der Waals surface area contributed by atoms with Crippen molar-refractivity contribution in [2.24, 2.45) is 0 Å². The van der Waals surface area contributed by atoms with Crippen LogP contribution in [0.1, 0.15) is 5.56 Å². The van der Waals surface area contributed by atoms with E-state index >= 15 is 0 Å². The molecule has 1 amide bonds. The molecule has 2 heterocycles. The van der Waals surface area contributed by atoms with Crippen LogP contribution in [0.4, 0.5) is 21.7 Å². The molecule has 2 aromatic heterocycles. The lowest BCUT2D eigenvalue weighted by molar-refractivity contribution is -0.111. The van der Waals surface area contributed by atoms with Gasteiger partial charge in [-0.05, 0) is 50.8 Å². The Morgan fingerprint density at radius 3 is 2.79 bits per heavy atom. The number of pyridine rings is 1. The monoisotopic (exact) mass is 380 g/mol. The van der Waals surface area contributed by atoms with Gasteiger partial charge in [0.15, 0.2) is 0 Å². The molecule has 0 saturated heterocycles. The fourth-order valence-corrected chi connectivity index (χ4v) is 2.52. The predicted octanol–water partition coefficient (Wildman–Crippen LogP) is 3.27. The van der Waals surface area contributed by atoms with Gasteiger partial charge in [0.1, 0.15) is 23.8 Å². The van der Waals surface area contributed by atoms with Crippen molar-refractivity contribution in [3.8, 4) is 0 Å². The van der Waals surface area contributed by atoms with Gasteiger partial charge in [0.2, 0.25) is 5.91 Å². The first-order chi connectivity index (χ1) is 13.4. The normalized spacial score (nSPS) is 11.3. The summed E-state index contributed by atoms with van der Waals surface area (Å²) in [5.41, 5.74) is 1.85. The summed E-state index contributed by atoms with van der Waals surface area (Å²) in [6.07, 6.45) is 6.22. The number of halogens is 1. The molecule has 2 N–H and O–H groups in total. The molecular weight excluding hydrogens is 359 g/mol. The third kappa shape index (κ3) is 4.86. The Balaban J connectivity index is 1.84. The Labute approximate surface area is 162 Å². The number of hydrogen-bond donors (Lipinski definition) is 2. The summed E-state index contributed by atoms with van der Waals surface area (Å²) in [4.78, 5) is 26.7. The Hall–Kier alpha value is -3.39. The van der Waals surface area contributed by atoms with Crippen molar-refractivity contribution in [2.75, 3.05) is 31.3 Å². The molecule has 0 atom stereocenters. The van der Waals surface area contributed by atoms with Gasteiger partial charge in [0.25, 0.3) is 0 Å². The summed E-state index contributed by atoms with van der Waals surface area (Å²) in [6, 6.07) is 6.43. The summed E-state index contributed by atoms with van der Waals surface area (Å²) < 4.78 is 13.5. The molecule has 144 valence electrons. The van der Waals surface area contributed by atoms with Gasteiger partial charge in [-0.2, -0.15) is 0 Å². The second kappa shape index (κ2) is 8.53. The number of aryl methyl sites for hydroxylation is 1.